The summed E-state index contributed by atoms with van der Waals surface area (Å²) in [6.45, 7) is 0. The molecule has 116 valence electrons. The van der Waals surface area contributed by atoms with Crippen LogP contribution >= 0.6 is 11.6 Å². The summed E-state index contributed by atoms with van der Waals surface area (Å²) in [5, 5.41) is 4.25. The van der Waals surface area contributed by atoms with E-state index < -0.39 is 0 Å². The summed E-state index contributed by atoms with van der Waals surface area (Å²) < 4.78 is 10.8. The summed E-state index contributed by atoms with van der Waals surface area (Å²) in [7, 11) is 5.34. The molecule has 2 aliphatic rings. The maximum absolute atomic E-state index is 6.52. The molecule has 2 fully saturated rings. The van der Waals surface area contributed by atoms with E-state index in [9.17, 15) is 0 Å². The van der Waals surface area contributed by atoms with Crippen LogP contribution in [-0.4, -0.2) is 21.3 Å². The van der Waals surface area contributed by atoms with Crippen LogP contribution in [0.2, 0.25) is 5.02 Å². The summed E-state index contributed by atoms with van der Waals surface area (Å²) in [5.74, 6) is 3.89. The van der Waals surface area contributed by atoms with Crippen LogP contribution in [0.4, 0.5) is 0 Å². The predicted octanol–water partition coefficient (Wildman–Crippen LogP) is 4.05. The van der Waals surface area contributed by atoms with E-state index in [-0.39, 0.29) is 0 Å². The Kier molecular flexibility index (Phi) is 4.32. The minimum Gasteiger partial charge on any atom is -0.493 e. The summed E-state index contributed by atoms with van der Waals surface area (Å²) in [6.07, 6.45) is 5.50. The van der Waals surface area contributed by atoms with E-state index in [0.717, 1.165) is 28.2 Å². The molecule has 0 radical (unpaired) electrons. The van der Waals surface area contributed by atoms with Gasteiger partial charge in [-0.25, -0.2) is 0 Å². The second kappa shape index (κ2) is 6.05. The predicted molar refractivity (Wildman–Crippen MR) is 85.3 cm³/mol. The molecule has 1 aromatic rings. The lowest BCUT2D eigenvalue weighted by atomic mass is 9.80. The van der Waals surface area contributed by atoms with Gasteiger partial charge >= 0.3 is 0 Å². The molecule has 0 aliphatic heterocycles. The molecular weight excluding hydrogens is 286 g/mol. The Morgan fingerprint density at radius 3 is 2.38 bits per heavy atom. The summed E-state index contributed by atoms with van der Waals surface area (Å²) in [5.41, 5.74) is 1.13. The van der Waals surface area contributed by atoms with E-state index in [1.807, 2.05) is 19.2 Å². The number of hydrogen-bond donors (Lipinski definition) is 1. The molecule has 0 aromatic heterocycles. The number of rotatable bonds is 5. The lowest BCUT2D eigenvalue weighted by molar-refractivity contribution is 0.259. The summed E-state index contributed by atoms with van der Waals surface area (Å²) in [4.78, 5) is 0. The third-order valence-electron chi connectivity index (χ3n) is 5.37. The van der Waals surface area contributed by atoms with Crippen LogP contribution in [-0.2, 0) is 0 Å². The molecule has 3 rings (SSSR count). The Morgan fingerprint density at radius 1 is 1.14 bits per heavy atom. The number of halogens is 1. The lowest BCUT2D eigenvalue weighted by Gasteiger charge is -2.31. The van der Waals surface area contributed by atoms with Gasteiger partial charge in [0.05, 0.1) is 14.2 Å². The first-order valence-corrected chi connectivity index (χ1v) is 8.14. The summed E-state index contributed by atoms with van der Waals surface area (Å²) >= 11 is 6.52. The van der Waals surface area contributed by atoms with E-state index in [1.165, 1.54) is 25.7 Å². The van der Waals surface area contributed by atoms with Gasteiger partial charge in [-0.05, 0) is 55.7 Å². The zero-order chi connectivity index (χ0) is 15.0. The highest BCUT2D eigenvalue weighted by atomic mass is 35.5. The van der Waals surface area contributed by atoms with Gasteiger partial charge in [0.15, 0.2) is 11.5 Å². The molecule has 3 nitrogen and oxygen atoms in total. The van der Waals surface area contributed by atoms with E-state index in [1.54, 1.807) is 14.2 Å². The Labute approximate surface area is 132 Å². The van der Waals surface area contributed by atoms with Gasteiger partial charge in [0.25, 0.3) is 0 Å². The second-order valence-corrected chi connectivity index (χ2v) is 6.74. The number of ether oxygens (including phenoxy) is 2. The molecule has 2 bridgehead atoms. The number of fused-ring (bicyclic) bond motifs is 2. The first kappa shape index (κ1) is 15.0. The maximum Gasteiger partial charge on any atom is 0.162 e. The molecule has 21 heavy (non-hydrogen) atoms. The van der Waals surface area contributed by atoms with Crippen LogP contribution in [0.3, 0.4) is 0 Å². The zero-order valence-corrected chi connectivity index (χ0v) is 13.7. The molecule has 2 saturated carbocycles. The Hall–Kier alpha value is -0.930. The third kappa shape index (κ3) is 2.62. The van der Waals surface area contributed by atoms with Crippen molar-refractivity contribution in [1.29, 1.82) is 0 Å². The highest BCUT2D eigenvalue weighted by molar-refractivity contribution is 6.31. The quantitative estimate of drug-likeness (QED) is 0.890. The van der Waals surface area contributed by atoms with E-state index in [0.29, 0.717) is 17.7 Å². The fourth-order valence-corrected chi connectivity index (χ4v) is 4.68. The fourth-order valence-electron chi connectivity index (χ4n) is 4.41. The molecule has 1 N–H and O–H groups in total. The van der Waals surface area contributed by atoms with Gasteiger partial charge in [0.1, 0.15) is 0 Å². The first-order valence-electron chi connectivity index (χ1n) is 7.76. The summed E-state index contributed by atoms with van der Waals surface area (Å²) in [6, 6.07) is 4.20. The SMILES string of the molecule is CNC(c1cc(OC)c(OC)cc1Cl)C1CC2CCC1C2. The zero-order valence-electron chi connectivity index (χ0n) is 13.0. The number of methoxy groups -OCH3 is 2. The van der Waals surface area contributed by atoms with Crippen LogP contribution in [0.5, 0.6) is 11.5 Å². The topological polar surface area (TPSA) is 30.5 Å². The van der Waals surface area contributed by atoms with Crippen LogP contribution in [0.15, 0.2) is 12.1 Å². The van der Waals surface area contributed by atoms with Gasteiger partial charge in [-0.2, -0.15) is 0 Å². The van der Waals surface area contributed by atoms with Crippen LogP contribution in [0.25, 0.3) is 0 Å². The van der Waals surface area contributed by atoms with Crippen molar-refractivity contribution in [3.05, 3.63) is 22.7 Å². The van der Waals surface area contributed by atoms with Gasteiger partial charge in [-0.15, -0.1) is 0 Å². The minimum atomic E-state index is 0.299. The van der Waals surface area contributed by atoms with E-state index in [4.69, 9.17) is 21.1 Å². The van der Waals surface area contributed by atoms with Crippen molar-refractivity contribution < 1.29 is 9.47 Å². The molecule has 2 aliphatic carbocycles. The standard InChI is InChI=1S/C17H24ClNO2/c1-19-17(12-7-10-4-5-11(12)6-10)13-8-15(20-2)16(21-3)9-14(13)18/h8-12,17,19H,4-7H2,1-3H3. The molecule has 1 aromatic carbocycles. The Balaban J connectivity index is 1.93. The maximum atomic E-state index is 6.52. The van der Waals surface area contributed by atoms with E-state index in [2.05, 4.69) is 5.32 Å². The lowest BCUT2D eigenvalue weighted by Crippen LogP contribution is -2.29. The minimum absolute atomic E-state index is 0.299. The Morgan fingerprint density at radius 2 is 1.86 bits per heavy atom. The van der Waals surface area contributed by atoms with Crippen molar-refractivity contribution in [3.8, 4) is 11.5 Å². The number of nitrogens with one attached hydrogen (secondary N) is 1. The van der Waals surface area contributed by atoms with Gasteiger partial charge in [0, 0.05) is 17.1 Å². The third-order valence-corrected chi connectivity index (χ3v) is 5.70. The van der Waals surface area contributed by atoms with Crippen molar-refractivity contribution >= 4 is 11.6 Å². The molecule has 0 heterocycles. The molecule has 0 spiro atoms. The van der Waals surface area contributed by atoms with Crippen molar-refractivity contribution in [3.63, 3.8) is 0 Å². The van der Waals surface area contributed by atoms with Crippen molar-refractivity contribution in [1.82, 2.24) is 5.32 Å². The largest absolute Gasteiger partial charge is 0.493 e. The smallest absolute Gasteiger partial charge is 0.162 e. The van der Waals surface area contributed by atoms with Crippen molar-refractivity contribution in [2.24, 2.45) is 17.8 Å². The monoisotopic (exact) mass is 309 g/mol. The van der Waals surface area contributed by atoms with Gasteiger partial charge in [-0.1, -0.05) is 18.0 Å². The highest BCUT2D eigenvalue weighted by Gasteiger charge is 2.43. The normalized spacial score (nSPS) is 28.7. The number of benzene rings is 1. The molecule has 4 unspecified atom stereocenters. The van der Waals surface area contributed by atoms with Crippen LogP contribution in [0.1, 0.15) is 37.3 Å². The second-order valence-electron chi connectivity index (χ2n) is 6.33. The fraction of sp³-hybridized carbons (Fsp3) is 0.647. The van der Waals surface area contributed by atoms with Crippen LogP contribution < -0.4 is 14.8 Å². The highest BCUT2D eigenvalue weighted by Crippen LogP contribution is 2.53. The van der Waals surface area contributed by atoms with Crippen molar-refractivity contribution in [2.45, 2.75) is 31.7 Å². The van der Waals surface area contributed by atoms with Gasteiger partial charge in [0.2, 0.25) is 0 Å². The van der Waals surface area contributed by atoms with Gasteiger partial charge < -0.3 is 14.8 Å². The first-order chi connectivity index (χ1) is 10.2. The average Bonchev–Trinajstić information content (AvgIpc) is 3.12. The molecular formula is C17H24ClNO2. The van der Waals surface area contributed by atoms with Crippen molar-refractivity contribution in [2.75, 3.05) is 21.3 Å². The average molecular weight is 310 g/mol. The van der Waals surface area contributed by atoms with Crippen LogP contribution in [0, 0.1) is 17.8 Å². The molecule has 4 atom stereocenters. The van der Waals surface area contributed by atoms with Gasteiger partial charge in [-0.3, -0.25) is 0 Å². The Bertz CT molecular complexity index is 520. The molecule has 0 saturated heterocycles. The number of hydrogen-bond acceptors (Lipinski definition) is 3. The molecule has 4 heteroatoms. The molecule has 0 amide bonds. The van der Waals surface area contributed by atoms with E-state index >= 15 is 0 Å².